The van der Waals surface area contributed by atoms with Crippen LogP contribution in [-0.2, 0) is 0 Å². The largest absolute Gasteiger partial charge is 0.234 e. The molecule has 0 saturated heterocycles. The molecular weight excluding hydrogens is 106 g/mol. The molecule has 0 spiro atoms. The van der Waals surface area contributed by atoms with E-state index in [2.05, 4.69) is 10.1 Å². The Kier molecular flexibility index (Phi) is 1.13. The lowest BCUT2D eigenvalue weighted by molar-refractivity contribution is 0.598. The Morgan fingerprint density at radius 1 is 1.75 bits per heavy atom. The number of nitrogens with two attached hydrogens (primary N) is 1. The second-order valence-corrected chi connectivity index (χ2v) is 1.39. The number of hydrogen-bond acceptors (Lipinski definition) is 4. The van der Waals surface area contributed by atoms with Crippen molar-refractivity contribution in [1.29, 1.82) is 0 Å². The predicted octanol–water partition coefficient (Wildman–Crippen LogP) is -1.28. The van der Waals surface area contributed by atoms with Crippen LogP contribution in [0.4, 0.5) is 0 Å². The summed E-state index contributed by atoms with van der Waals surface area (Å²) in [4.78, 5) is 5.09. The molecule has 44 valence electrons. The van der Waals surface area contributed by atoms with Gasteiger partial charge >= 0.3 is 0 Å². The fourth-order valence-electron chi connectivity index (χ4n) is 0.365. The molecule has 0 radical (unpaired) electrons. The fourth-order valence-corrected chi connectivity index (χ4v) is 0.365. The van der Waals surface area contributed by atoms with Gasteiger partial charge in [0.15, 0.2) is 0 Å². The first-order chi connectivity index (χ1) is 3.80. The van der Waals surface area contributed by atoms with Crippen LogP contribution in [0.25, 0.3) is 0 Å². The van der Waals surface area contributed by atoms with E-state index in [4.69, 9.17) is 5.84 Å². The van der Waals surface area contributed by atoms with E-state index in [1.165, 1.54) is 22.6 Å². The summed E-state index contributed by atoms with van der Waals surface area (Å²) in [6.45, 7) is 0. The summed E-state index contributed by atoms with van der Waals surface area (Å²) in [5.41, 5.74) is 0. The molecule has 0 amide bonds. The monoisotopic (exact) mass is 113 g/mol. The minimum Gasteiger partial charge on any atom is -0.234 e. The highest BCUT2D eigenvalue weighted by Gasteiger charge is 1.87. The summed E-state index contributed by atoms with van der Waals surface area (Å²) in [5, 5.41) is 5.05. The van der Waals surface area contributed by atoms with Gasteiger partial charge in [0, 0.05) is 7.05 Å². The molecule has 1 aromatic rings. The molecule has 0 aliphatic rings. The van der Waals surface area contributed by atoms with E-state index in [9.17, 15) is 0 Å². The molecule has 2 N–H and O–H groups in total. The third-order valence-electron chi connectivity index (χ3n) is 0.730. The van der Waals surface area contributed by atoms with Gasteiger partial charge in [0.2, 0.25) is 0 Å². The van der Waals surface area contributed by atoms with Crippen molar-refractivity contribution in [2.24, 2.45) is 5.84 Å². The molecule has 1 heterocycles. The minimum absolute atomic E-state index is 1.33. The normalized spacial score (nSPS) is 9.25. The van der Waals surface area contributed by atoms with Crippen LogP contribution < -0.4 is 11.0 Å². The molecule has 0 bridgehead atoms. The average Bonchev–Trinajstić information content (AvgIpc) is 2.12. The maximum atomic E-state index is 5.25. The molecule has 0 unspecified atom stereocenters. The highest BCUT2D eigenvalue weighted by molar-refractivity contribution is 4.64. The van der Waals surface area contributed by atoms with Crippen molar-refractivity contribution in [3.8, 4) is 0 Å². The molecule has 5 heteroatoms. The van der Waals surface area contributed by atoms with E-state index in [0.29, 0.717) is 0 Å². The molecule has 8 heavy (non-hydrogen) atoms. The molecule has 5 nitrogen and oxygen atoms in total. The molecule has 0 aliphatic carbocycles. The Bertz CT molecular complexity index is 143. The van der Waals surface area contributed by atoms with Crippen LogP contribution in [0.3, 0.4) is 0 Å². The first-order valence-corrected chi connectivity index (χ1v) is 2.14. The maximum absolute atomic E-state index is 5.25. The van der Waals surface area contributed by atoms with E-state index < -0.39 is 0 Å². The summed E-state index contributed by atoms with van der Waals surface area (Å²) < 4.78 is 0. The smallest absolute Gasteiger partial charge is 0.139 e. The van der Waals surface area contributed by atoms with Crippen LogP contribution in [0, 0.1) is 0 Å². The average molecular weight is 113 g/mol. The van der Waals surface area contributed by atoms with E-state index in [-0.39, 0.29) is 0 Å². The Hall–Kier alpha value is -1.10. The zero-order valence-corrected chi connectivity index (χ0v) is 4.52. The number of hydrazine groups is 1. The van der Waals surface area contributed by atoms with Crippen molar-refractivity contribution in [3.05, 3.63) is 12.7 Å². The molecule has 1 aromatic heterocycles. The van der Waals surface area contributed by atoms with Gasteiger partial charge in [-0.25, -0.2) is 15.9 Å². The third kappa shape index (κ3) is 0.760. The molecule has 0 aliphatic heterocycles. The van der Waals surface area contributed by atoms with Gasteiger partial charge in [-0.2, -0.15) is 0 Å². The van der Waals surface area contributed by atoms with Crippen molar-refractivity contribution in [1.82, 2.24) is 14.9 Å². The minimum atomic E-state index is 1.33. The zero-order valence-electron chi connectivity index (χ0n) is 4.52. The summed E-state index contributed by atoms with van der Waals surface area (Å²) in [7, 11) is 1.68. The first-order valence-electron chi connectivity index (χ1n) is 2.14. The lowest BCUT2D eigenvalue weighted by Crippen LogP contribution is -2.37. The van der Waals surface area contributed by atoms with E-state index in [1.54, 1.807) is 7.05 Å². The van der Waals surface area contributed by atoms with Crippen molar-refractivity contribution in [2.45, 2.75) is 0 Å². The lowest BCUT2D eigenvalue weighted by Gasteiger charge is -2.08. The number of rotatable bonds is 1. The number of hydrogen-bond donors (Lipinski definition) is 1. The third-order valence-corrected chi connectivity index (χ3v) is 0.730. The van der Waals surface area contributed by atoms with Gasteiger partial charge in [-0.05, 0) is 0 Å². The van der Waals surface area contributed by atoms with Gasteiger partial charge in [0.1, 0.15) is 12.7 Å². The SMILES string of the molecule is CN(N)n1cncn1. The van der Waals surface area contributed by atoms with Crippen molar-refractivity contribution >= 4 is 0 Å². The Morgan fingerprint density at radius 2 is 2.50 bits per heavy atom. The topological polar surface area (TPSA) is 60.0 Å². The van der Waals surface area contributed by atoms with Crippen molar-refractivity contribution in [2.75, 3.05) is 12.2 Å². The van der Waals surface area contributed by atoms with Crippen LogP contribution in [-0.4, -0.2) is 21.9 Å². The first kappa shape index (κ1) is 5.04. The Labute approximate surface area is 46.7 Å². The quantitative estimate of drug-likeness (QED) is 0.364. The van der Waals surface area contributed by atoms with Gasteiger partial charge < -0.3 is 0 Å². The second-order valence-electron chi connectivity index (χ2n) is 1.39. The van der Waals surface area contributed by atoms with Crippen molar-refractivity contribution in [3.63, 3.8) is 0 Å². The van der Waals surface area contributed by atoms with Gasteiger partial charge in [-0.3, -0.25) is 0 Å². The maximum Gasteiger partial charge on any atom is 0.139 e. The Morgan fingerprint density at radius 3 is 2.75 bits per heavy atom. The van der Waals surface area contributed by atoms with Crippen LogP contribution in [0.5, 0.6) is 0 Å². The molecular formula is C3H7N5. The second kappa shape index (κ2) is 1.79. The summed E-state index contributed by atoms with van der Waals surface area (Å²) in [6, 6.07) is 0. The standard InChI is InChI=1S/C3H7N5/c1-7(4)8-3-5-2-6-8/h2-3H,4H2,1H3. The van der Waals surface area contributed by atoms with Gasteiger partial charge in [0.05, 0.1) is 0 Å². The summed E-state index contributed by atoms with van der Waals surface area (Å²) in [6.07, 6.45) is 2.93. The highest BCUT2D eigenvalue weighted by atomic mass is 15.8. The summed E-state index contributed by atoms with van der Waals surface area (Å²) >= 11 is 0. The highest BCUT2D eigenvalue weighted by Crippen LogP contribution is 1.71. The molecule has 0 atom stereocenters. The van der Waals surface area contributed by atoms with Crippen LogP contribution in [0.2, 0.25) is 0 Å². The van der Waals surface area contributed by atoms with Crippen LogP contribution in [0.15, 0.2) is 12.7 Å². The van der Waals surface area contributed by atoms with E-state index >= 15 is 0 Å². The van der Waals surface area contributed by atoms with E-state index in [1.807, 2.05) is 0 Å². The van der Waals surface area contributed by atoms with Crippen LogP contribution in [0.1, 0.15) is 0 Å². The Balaban J connectivity index is 2.77. The molecule has 0 fully saturated rings. The van der Waals surface area contributed by atoms with Gasteiger partial charge in [-0.15, -0.1) is 9.89 Å². The zero-order chi connectivity index (χ0) is 5.98. The lowest BCUT2D eigenvalue weighted by atomic mass is 11.3. The van der Waals surface area contributed by atoms with Crippen LogP contribution >= 0.6 is 0 Å². The predicted molar refractivity (Wildman–Crippen MR) is 28.4 cm³/mol. The number of nitrogens with zero attached hydrogens (tertiary/aromatic N) is 4. The molecule has 0 aromatic carbocycles. The van der Waals surface area contributed by atoms with Gasteiger partial charge in [0.25, 0.3) is 0 Å². The fraction of sp³-hybridized carbons (Fsp3) is 0.333. The molecule has 1 rings (SSSR count). The number of aromatic nitrogens is 3. The summed E-state index contributed by atoms with van der Waals surface area (Å²) in [5.74, 6) is 5.25. The van der Waals surface area contributed by atoms with Crippen molar-refractivity contribution < 1.29 is 0 Å². The molecule has 0 saturated carbocycles. The van der Waals surface area contributed by atoms with Gasteiger partial charge in [-0.1, -0.05) is 0 Å². The van der Waals surface area contributed by atoms with E-state index in [0.717, 1.165) is 0 Å².